The summed E-state index contributed by atoms with van der Waals surface area (Å²) in [6.07, 6.45) is 17.6. The topological polar surface area (TPSA) is 75.4 Å². The van der Waals surface area contributed by atoms with Crippen LogP contribution in [-0.4, -0.2) is 41.2 Å². The number of para-hydroxylation sites is 2. The van der Waals surface area contributed by atoms with Crippen molar-refractivity contribution in [2.75, 3.05) is 24.2 Å². The van der Waals surface area contributed by atoms with E-state index in [1.165, 1.54) is 38.6 Å². The number of unbranched alkanes of at least 4 members (excludes halogenated alkanes) is 3. The lowest BCUT2D eigenvalue weighted by atomic mass is 10.1. The molecule has 0 spiro atoms. The molecule has 5 rings (SSSR count). The van der Waals surface area contributed by atoms with Gasteiger partial charge in [0, 0.05) is 54.8 Å². The first-order chi connectivity index (χ1) is 23.7. The maximum atomic E-state index is 13.4. The average molecular weight is 721 g/mol. The number of aromatic nitrogens is 1. The number of aryl methyl sites for hydroxylation is 1. The minimum absolute atomic E-state index is 0.398. The zero-order valence-electron chi connectivity index (χ0n) is 28.9. The van der Waals surface area contributed by atoms with E-state index >= 15 is 0 Å². The minimum atomic E-state index is -0.622. The fraction of sp³-hybridized carbons (Fsp3) is 0.368. The number of thiazole rings is 1. The molecule has 2 aromatic carbocycles. The fourth-order valence-electron chi connectivity index (χ4n) is 5.73. The van der Waals surface area contributed by atoms with Crippen LogP contribution in [0, 0.1) is 0 Å². The molecule has 0 bridgehead atoms. The van der Waals surface area contributed by atoms with E-state index in [9.17, 15) is 4.79 Å². The van der Waals surface area contributed by atoms with Gasteiger partial charge in [0.25, 0.3) is 5.01 Å². The van der Waals surface area contributed by atoms with Crippen molar-refractivity contribution in [2.45, 2.75) is 76.8 Å². The average Bonchev–Trinajstić information content (AvgIpc) is 3.76. The van der Waals surface area contributed by atoms with Gasteiger partial charge in [-0.3, -0.25) is 4.90 Å². The Labute approximate surface area is 302 Å². The van der Waals surface area contributed by atoms with Gasteiger partial charge in [0.1, 0.15) is 10.3 Å². The van der Waals surface area contributed by atoms with E-state index in [2.05, 4.69) is 111 Å². The Kier molecular flexibility index (Phi) is 13.2. The van der Waals surface area contributed by atoms with Crippen LogP contribution in [0.5, 0.6) is 0 Å². The molecule has 2 aliphatic rings. The van der Waals surface area contributed by atoms with Crippen molar-refractivity contribution < 1.29 is 28.7 Å². The predicted molar refractivity (Wildman–Crippen MR) is 203 cm³/mol. The number of fused-ring (bicyclic) bond motifs is 2. The third kappa shape index (κ3) is 9.68. The summed E-state index contributed by atoms with van der Waals surface area (Å²) >= 11 is 4.62. The van der Waals surface area contributed by atoms with E-state index in [0.29, 0.717) is 5.75 Å². The summed E-state index contributed by atoms with van der Waals surface area (Å²) in [5, 5.41) is 14.4. The number of carbonyl (C=O) groups is 1. The molecule has 49 heavy (non-hydrogen) atoms. The molecule has 0 radical (unpaired) electrons. The van der Waals surface area contributed by atoms with Crippen molar-refractivity contribution in [1.82, 2.24) is 4.90 Å². The molecule has 1 amide bonds. The number of hydrogen-bond acceptors (Lipinski definition) is 9. The summed E-state index contributed by atoms with van der Waals surface area (Å²) < 4.78 is 14.0. The van der Waals surface area contributed by atoms with Crippen LogP contribution in [-0.2, 0) is 20.7 Å². The first kappa shape index (κ1) is 36.9. The number of nitrogens with zero attached hydrogens (tertiary/aromatic N) is 3. The molecule has 1 aromatic heterocycles. The Bertz CT molecular complexity index is 1770. The van der Waals surface area contributed by atoms with Crippen LogP contribution >= 0.6 is 35.1 Å². The lowest BCUT2D eigenvalue weighted by molar-refractivity contribution is -0.669. The molecule has 0 unspecified atom stereocenters. The van der Waals surface area contributed by atoms with Crippen molar-refractivity contribution in [3.63, 3.8) is 0 Å². The van der Waals surface area contributed by atoms with Crippen molar-refractivity contribution in [1.29, 1.82) is 0 Å². The molecule has 1 aliphatic carbocycles. The summed E-state index contributed by atoms with van der Waals surface area (Å²) in [5.74, 6) is 0.707. The third-order valence-electron chi connectivity index (χ3n) is 8.00. The van der Waals surface area contributed by atoms with Crippen LogP contribution in [0.15, 0.2) is 106 Å². The standard InChI is InChI=1S/C38H45N3O5S3/c1-6-7-12-25-40-30-15-8-10-17-32(30)48-34(40)23-21-28-19-20-29(36(28)39(5)37(42)44-38(2,3)4)22-24-35-41(26-13-14-27-47-46-45-43)31-16-9-11-18-33(31)49-35/h8-11,15-24H,6-7,12-14,25-27H2,1-5H3/p+1. The zero-order valence-corrected chi connectivity index (χ0v) is 31.3. The summed E-state index contributed by atoms with van der Waals surface area (Å²) in [6.45, 7) is 9.69. The highest BCUT2D eigenvalue weighted by molar-refractivity contribution is 8.03. The Hall–Kier alpha value is -3.32. The van der Waals surface area contributed by atoms with Gasteiger partial charge in [0.15, 0.2) is 6.54 Å². The number of amides is 1. The highest BCUT2D eigenvalue weighted by Crippen LogP contribution is 2.46. The normalized spacial score (nSPS) is 16.2. The molecule has 1 N–H and O–H groups in total. The van der Waals surface area contributed by atoms with Gasteiger partial charge >= 0.3 is 6.09 Å². The van der Waals surface area contributed by atoms with Crippen molar-refractivity contribution in [3.05, 3.63) is 106 Å². The van der Waals surface area contributed by atoms with Crippen LogP contribution in [0.1, 0.15) is 64.8 Å². The minimum Gasteiger partial charge on any atom is -0.443 e. The number of carbonyl (C=O) groups excluding carboxylic acids is 1. The molecular formula is C38H46N3O5S3+. The molecule has 0 atom stereocenters. The lowest BCUT2D eigenvalue weighted by Gasteiger charge is -2.26. The van der Waals surface area contributed by atoms with E-state index < -0.39 is 11.7 Å². The van der Waals surface area contributed by atoms with E-state index in [4.69, 9.17) is 9.99 Å². The van der Waals surface area contributed by atoms with E-state index in [1.54, 1.807) is 35.0 Å². The number of benzene rings is 2. The molecule has 260 valence electrons. The fourth-order valence-corrected chi connectivity index (χ4v) is 8.34. The van der Waals surface area contributed by atoms with Gasteiger partial charge in [0.05, 0.1) is 16.4 Å². The van der Waals surface area contributed by atoms with Crippen LogP contribution < -0.4 is 9.47 Å². The van der Waals surface area contributed by atoms with Gasteiger partial charge in [-0.2, -0.15) is 4.57 Å². The number of rotatable bonds is 15. The summed E-state index contributed by atoms with van der Waals surface area (Å²) in [5.41, 5.74) is 4.49. The molecule has 0 saturated heterocycles. The summed E-state index contributed by atoms with van der Waals surface area (Å²) in [7, 11) is 1.78. The van der Waals surface area contributed by atoms with E-state index in [0.717, 1.165) is 66.3 Å². The Morgan fingerprint density at radius 1 is 1.02 bits per heavy atom. The Morgan fingerprint density at radius 2 is 1.82 bits per heavy atom. The van der Waals surface area contributed by atoms with Gasteiger partial charge in [-0.05, 0) is 81.5 Å². The molecule has 11 heteroatoms. The van der Waals surface area contributed by atoms with Gasteiger partial charge in [-0.15, -0.1) is 4.33 Å². The highest BCUT2D eigenvalue weighted by atomic mass is 32.2. The summed E-state index contributed by atoms with van der Waals surface area (Å²) in [4.78, 5) is 18.6. The second kappa shape index (κ2) is 17.6. The van der Waals surface area contributed by atoms with Gasteiger partial charge < -0.3 is 9.64 Å². The molecular weight excluding hydrogens is 675 g/mol. The molecule has 1 aliphatic heterocycles. The van der Waals surface area contributed by atoms with Crippen molar-refractivity contribution in [3.8, 4) is 0 Å². The Balaban J connectivity index is 1.47. The number of likely N-dealkylation sites (N-methyl/N-ethyl adjacent to an activating group) is 1. The SMILES string of the molecule is CCCCC[n+]1c(/C=C/C2=C(N(C)C(=O)OC(C)(C)C)C(=C/C=C3\Sc4ccccc4N3CCCCSOOO)/C=C2)sc2ccccc21. The highest BCUT2D eigenvalue weighted by Gasteiger charge is 2.28. The smallest absolute Gasteiger partial charge is 0.414 e. The monoisotopic (exact) mass is 720 g/mol. The number of anilines is 1. The Morgan fingerprint density at radius 3 is 2.61 bits per heavy atom. The molecule has 0 fully saturated rings. The van der Waals surface area contributed by atoms with Gasteiger partial charge in [-0.1, -0.05) is 84.0 Å². The van der Waals surface area contributed by atoms with Crippen molar-refractivity contribution >= 4 is 63.2 Å². The van der Waals surface area contributed by atoms with Crippen molar-refractivity contribution in [2.24, 2.45) is 0 Å². The first-order valence-corrected chi connectivity index (χ1v) is 19.3. The summed E-state index contributed by atoms with van der Waals surface area (Å²) in [6, 6.07) is 17.0. The second-order valence-electron chi connectivity index (χ2n) is 12.8. The second-order valence-corrected chi connectivity index (χ2v) is 15.7. The maximum Gasteiger partial charge on any atom is 0.414 e. The van der Waals surface area contributed by atoms with Crippen LogP contribution in [0.25, 0.3) is 16.3 Å². The van der Waals surface area contributed by atoms with Crippen LogP contribution in [0.3, 0.4) is 0 Å². The molecule has 0 saturated carbocycles. The zero-order chi connectivity index (χ0) is 34.8. The quantitative estimate of drug-likeness (QED) is 0.0547. The number of ether oxygens (including phenoxy) is 1. The predicted octanol–water partition coefficient (Wildman–Crippen LogP) is 10.3. The lowest BCUT2D eigenvalue weighted by Crippen LogP contribution is -2.35. The first-order valence-electron chi connectivity index (χ1n) is 16.7. The number of hydrogen-bond donors (Lipinski definition) is 1. The number of thioether (sulfide) groups is 1. The maximum absolute atomic E-state index is 13.4. The van der Waals surface area contributed by atoms with Crippen LogP contribution in [0.2, 0.25) is 0 Å². The molecule has 2 heterocycles. The molecule has 3 aromatic rings. The van der Waals surface area contributed by atoms with Crippen LogP contribution in [0.4, 0.5) is 10.5 Å². The molecule has 8 nitrogen and oxygen atoms in total. The largest absolute Gasteiger partial charge is 0.443 e. The van der Waals surface area contributed by atoms with E-state index in [1.807, 2.05) is 20.8 Å². The number of allylic oxidation sites excluding steroid dienone is 6. The van der Waals surface area contributed by atoms with Gasteiger partial charge in [-0.25, -0.2) is 10.1 Å². The van der Waals surface area contributed by atoms with E-state index in [-0.39, 0.29) is 0 Å². The third-order valence-corrected chi connectivity index (χ3v) is 10.9. The van der Waals surface area contributed by atoms with Gasteiger partial charge in [0.2, 0.25) is 5.52 Å².